The fourth-order valence-electron chi connectivity index (χ4n) is 12.8. The van der Waals surface area contributed by atoms with Crippen LogP contribution in [0.25, 0.3) is 0 Å². The van der Waals surface area contributed by atoms with Crippen LogP contribution in [0.5, 0.6) is 0 Å². The zero-order chi connectivity index (χ0) is 43.2. The van der Waals surface area contributed by atoms with Gasteiger partial charge in [-0.15, -0.1) is 0 Å². The van der Waals surface area contributed by atoms with Crippen LogP contribution in [0, 0.1) is 34.0 Å². The lowest BCUT2D eigenvalue weighted by atomic mass is 9.34. The molecule has 3 fully saturated rings. The van der Waals surface area contributed by atoms with Crippen molar-refractivity contribution in [1.82, 2.24) is 10.6 Å². The largest absolute Gasteiger partial charge is 0.396 e. The van der Waals surface area contributed by atoms with Crippen molar-refractivity contribution < 1.29 is 34.7 Å². The molecule has 0 radical (unpaired) electrons. The standard InChI is InChI=1S/C51H74N2O7/c1-36-13-14-41(30-39-10-8-11-40(29-39)31-47(4,53-33-36)23-27-59-6)37(2)9-7-12-44(35-60-28-26-55)48-18-20-50-43(17-25-54)16-15-42(45(50)38(3)34-56)32-49(58,22-24-52-5)51(50,21-19-48)46(48)57/h7-13,15-16,29,34,41-43,46,52-55,57-58H,2,14,17-28,30-33,35H2,1,3-6H3/b9-7+,36-13+,44-12-,45-38?/t41-,42+,43+,46-,47+,48+,49-,50+,51-/m1/s1. The third-order valence-corrected chi connectivity index (χ3v) is 15.7. The molecule has 0 amide bonds. The van der Waals surface area contributed by atoms with Gasteiger partial charge in [-0.25, -0.2) is 0 Å². The highest BCUT2D eigenvalue weighted by atomic mass is 16.5. The highest BCUT2D eigenvalue weighted by molar-refractivity contribution is 5.75. The van der Waals surface area contributed by atoms with Crippen LogP contribution in [-0.2, 0) is 27.1 Å². The Kier molecular flexibility index (Phi) is 15.2. The SMILES string of the molecule is C=C(/C=C/C=C(/COCCO)[C@]12CC[C@@]3([C@@H]1O)[C@@](O)(CCNC)C[C@@H]1C=C[C@@H](CCO)[C@@]3(CC2)C1=C(C)C=O)[C@@H]1C/C=C(\C)CN[C@@](C)(CCOC)Cc2cccc(c2)C1. The molecule has 6 rings (SSSR count). The second kappa shape index (κ2) is 19.6. The molecule has 0 unspecified atom stereocenters. The maximum atomic E-state index is 13.3. The monoisotopic (exact) mass is 827 g/mol. The maximum Gasteiger partial charge on any atom is 0.145 e. The van der Waals surface area contributed by atoms with Crippen molar-refractivity contribution in [3.05, 3.63) is 106 Å². The maximum absolute atomic E-state index is 13.3. The molecule has 6 bridgehead atoms. The number of benzene rings is 1. The summed E-state index contributed by atoms with van der Waals surface area (Å²) in [6.07, 6.45) is 20.4. The van der Waals surface area contributed by atoms with Crippen LogP contribution in [0.1, 0.15) is 89.7 Å². The van der Waals surface area contributed by atoms with Crippen LogP contribution in [0.2, 0.25) is 0 Å². The number of hydrogen-bond acceptors (Lipinski definition) is 9. The number of carbonyl (C=O) groups is 1. The molecule has 1 aromatic rings. The van der Waals surface area contributed by atoms with Crippen LogP contribution in [-0.4, -0.2) is 104 Å². The molecule has 9 atom stereocenters. The molecule has 2 spiro atoms. The van der Waals surface area contributed by atoms with E-state index in [1.807, 2.05) is 14.0 Å². The van der Waals surface area contributed by atoms with Crippen molar-refractivity contribution >= 4 is 6.29 Å². The van der Waals surface area contributed by atoms with Crippen molar-refractivity contribution in [3.8, 4) is 0 Å². The predicted octanol–water partition coefficient (Wildman–Crippen LogP) is 6.52. The van der Waals surface area contributed by atoms with Gasteiger partial charge in [-0.3, -0.25) is 4.79 Å². The number of carbonyl (C=O) groups excluding carboxylic acids is 1. The molecular formula is C51H74N2O7. The number of fused-ring (bicyclic) bond motifs is 4. The van der Waals surface area contributed by atoms with Crippen molar-refractivity contribution in [1.29, 1.82) is 0 Å². The first-order valence-corrected chi connectivity index (χ1v) is 22.6. The van der Waals surface area contributed by atoms with E-state index in [4.69, 9.17) is 9.47 Å². The van der Waals surface area contributed by atoms with E-state index in [0.29, 0.717) is 63.7 Å². The molecule has 0 saturated heterocycles. The Morgan fingerprint density at radius 2 is 1.87 bits per heavy atom. The van der Waals surface area contributed by atoms with Crippen molar-refractivity contribution in [2.75, 3.05) is 60.3 Å². The summed E-state index contributed by atoms with van der Waals surface area (Å²) >= 11 is 0. The molecule has 9 heteroatoms. The molecule has 1 aliphatic heterocycles. The van der Waals surface area contributed by atoms with E-state index in [2.05, 4.69) is 91.8 Å². The lowest BCUT2D eigenvalue weighted by Gasteiger charge is -2.71. The lowest BCUT2D eigenvalue weighted by molar-refractivity contribution is -0.256. The number of rotatable bonds is 17. The van der Waals surface area contributed by atoms with Gasteiger partial charge in [-0.05, 0) is 145 Å². The minimum Gasteiger partial charge on any atom is -0.396 e. The minimum absolute atomic E-state index is 0.0249. The first-order valence-electron chi connectivity index (χ1n) is 22.6. The van der Waals surface area contributed by atoms with E-state index in [1.54, 1.807) is 7.11 Å². The molecular weight excluding hydrogens is 753 g/mol. The average Bonchev–Trinajstić information content (AvgIpc) is 3.44. The van der Waals surface area contributed by atoms with Gasteiger partial charge in [-0.2, -0.15) is 0 Å². The van der Waals surface area contributed by atoms with Crippen LogP contribution < -0.4 is 10.6 Å². The Morgan fingerprint density at radius 1 is 1.08 bits per heavy atom. The Balaban J connectivity index is 1.36. The van der Waals surface area contributed by atoms with E-state index < -0.39 is 27.9 Å². The number of hydrogen-bond donors (Lipinski definition) is 6. The van der Waals surface area contributed by atoms with E-state index in [-0.39, 0.29) is 49.7 Å². The van der Waals surface area contributed by atoms with Crippen molar-refractivity contribution in [2.45, 2.75) is 109 Å². The number of aliphatic hydroxyl groups excluding tert-OH is 3. The summed E-state index contributed by atoms with van der Waals surface area (Å²) in [4.78, 5) is 12.7. The zero-order valence-corrected chi connectivity index (χ0v) is 37.1. The summed E-state index contributed by atoms with van der Waals surface area (Å²) < 4.78 is 11.6. The first kappa shape index (κ1) is 46.5. The normalized spacial score (nSPS) is 37.1. The Hall–Kier alpha value is -2.99. The van der Waals surface area contributed by atoms with Gasteiger partial charge in [0.25, 0.3) is 0 Å². The molecule has 60 heavy (non-hydrogen) atoms. The smallest absolute Gasteiger partial charge is 0.145 e. The highest BCUT2D eigenvalue weighted by Crippen LogP contribution is 2.80. The topological polar surface area (TPSA) is 141 Å². The van der Waals surface area contributed by atoms with Gasteiger partial charge in [-0.1, -0.05) is 78.4 Å². The molecule has 3 saturated carbocycles. The third kappa shape index (κ3) is 8.55. The average molecular weight is 827 g/mol. The summed E-state index contributed by atoms with van der Waals surface area (Å²) in [5, 5.41) is 53.8. The van der Waals surface area contributed by atoms with Crippen LogP contribution in [0.3, 0.4) is 0 Å². The van der Waals surface area contributed by atoms with Gasteiger partial charge in [0, 0.05) is 54.6 Å². The summed E-state index contributed by atoms with van der Waals surface area (Å²) in [5.41, 5.74) is 3.90. The third-order valence-electron chi connectivity index (χ3n) is 15.7. The van der Waals surface area contributed by atoms with Crippen LogP contribution in [0.4, 0.5) is 0 Å². The van der Waals surface area contributed by atoms with Gasteiger partial charge >= 0.3 is 0 Å². The fraction of sp³-hybridized carbons (Fsp3) is 0.627. The predicted molar refractivity (Wildman–Crippen MR) is 239 cm³/mol. The molecule has 4 aliphatic carbocycles. The van der Waals surface area contributed by atoms with Crippen LogP contribution >= 0.6 is 0 Å². The number of allylic oxidation sites excluding steroid dienone is 9. The van der Waals surface area contributed by atoms with Crippen molar-refractivity contribution in [2.24, 2.45) is 34.0 Å². The second-order valence-electron chi connectivity index (χ2n) is 19.2. The summed E-state index contributed by atoms with van der Waals surface area (Å²) in [6, 6.07) is 8.94. The highest BCUT2D eigenvalue weighted by Gasteiger charge is 2.79. The van der Waals surface area contributed by atoms with E-state index in [1.165, 1.54) is 16.7 Å². The molecule has 9 nitrogen and oxygen atoms in total. The molecule has 0 aromatic heterocycles. The number of aldehydes is 1. The van der Waals surface area contributed by atoms with Crippen LogP contribution in [0.15, 0.2) is 95.2 Å². The molecule has 1 aromatic carbocycles. The zero-order valence-electron chi connectivity index (χ0n) is 37.1. The number of aliphatic hydroxyl groups is 4. The summed E-state index contributed by atoms with van der Waals surface area (Å²) in [7, 11) is 3.65. The first-order chi connectivity index (χ1) is 28.8. The number of nitrogens with one attached hydrogen (secondary N) is 2. The molecule has 330 valence electrons. The second-order valence-corrected chi connectivity index (χ2v) is 19.2. The van der Waals surface area contributed by atoms with E-state index >= 15 is 0 Å². The fourth-order valence-corrected chi connectivity index (χ4v) is 12.8. The summed E-state index contributed by atoms with van der Waals surface area (Å²) in [6.45, 7) is 13.3. The van der Waals surface area contributed by atoms with Crippen molar-refractivity contribution in [3.63, 3.8) is 0 Å². The van der Waals surface area contributed by atoms with E-state index in [0.717, 1.165) is 55.2 Å². The quantitative estimate of drug-likeness (QED) is 0.0341. The van der Waals surface area contributed by atoms with Gasteiger partial charge in [0.15, 0.2) is 0 Å². The van der Waals surface area contributed by atoms with E-state index in [9.17, 15) is 25.2 Å². The lowest BCUT2D eigenvalue weighted by Crippen LogP contribution is -2.73. The molecule has 5 aliphatic rings. The Bertz CT molecular complexity index is 1850. The number of methoxy groups -OCH3 is 1. The van der Waals surface area contributed by atoms with Gasteiger partial charge in [0.2, 0.25) is 0 Å². The summed E-state index contributed by atoms with van der Waals surface area (Å²) in [5.74, 6) is -0.0888. The van der Waals surface area contributed by atoms with Gasteiger partial charge in [0.05, 0.1) is 31.5 Å². The van der Waals surface area contributed by atoms with Gasteiger partial charge < -0.3 is 40.5 Å². The van der Waals surface area contributed by atoms with Gasteiger partial charge in [0.1, 0.15) is 6.29 Å². The number of ether oxygens (including phenoxy) is 2. The Morgan fingerprint density at radius 3 is 2.60 bits per heavy atom. The minimum atomic E-state index is -1.23. The molecule has 1 heterocycles. The Labute approximate surface area is 359 Å². The molecule has 6 N–H and O–H groups in total.